The van der Waals surface area contributed by atoms with E-state index in [1.807, 2.05) is 0 Å². The Kier molecular flexibility index (Phi) is 3.14. The topological polar surface area (TPSA) is 99.0 Å². The summed E-state index contributed by atoms with van der Waals surface area (Å²) < 4.78 is 37.5. The first kappa shape index (κ1) is 14.8. The second-order valence-corrected chi connectivity index (χ2v) is 7.27. The molecule has 2 aromatic rings. The van der Waals surface area contributed by atoms with Crippen LogP contribution in [0, 0.1) is 10.1 Å². The molecule has 0 spiro atoms. The van der Waals surface area contributed by atoms with Gasteiger partial charge in [0.2, 0.25) is 6.79 Å². The van der Waals surface area contributed by atoms with Crippen molar-refractivity contribution in [2.45, 2.75) is 11.3 Å². The van der Waals surface area contributed by atoms with E-state index in [0.29, 0.717) is 23.6 Å². The zero-order valence-electron chi connectivity index (χ0n) is 12.3. The number of hydrogen-bond acceptors (Lipinski definition) is 6. The normalized spacial score (nSPS) is 15.4. The molecular formula is C15H12N2O6S. The van der Waals surface area contributed by atoms with Gasteiger partial charge in [-0.2, -0.15) is 0 Å². The van der Waals surface area contributed by atoms with Gasteiger partial charge in [0.05, 0.1) is 15.5 Å². The van der Waals surface area contributed by atoms with Gasteiger partial charge in [0, 0.05) is 24.7 Å². The second kappa shape index (κ2) is 5.10. The molecular weight excluding hydrogens is 336 g/mol. The van der Waals surface area contributed by atoms with Gasteiger partial charge in [0.15, 0.2) is 11.5 Å². The molecule has 0 bridgehead atoms. The molecule has 0 aliphatic carbocycles. The molecule has 2 heterocycles. The maximum Gasteiger partial charge on any atom is 0.271 e. The summed E-state index contributed by atoms with van der Waals surface area (Å²) in [7, 11) is -3.84. The summed E-state index contributed by atoms with van der Waals surface area (Å²) in [5.74, 6) is 0.862. The van der Waals surface area contributed by atoms with Crippen molar-refractivity contribution < 1.29 is 22.8 Å². The molecule has 0 N–H and O–H groups in total. The van der Waals surface area contributed by atoms with Crippen LogP contribution >= 0.6 is 0 Å². The third-order valence-corrected chi connectivity index (χ3v) is 5.87. The number of anilines is 1. The lowest BCUT2D eigenvalue weighted by atomic mass is 10.1. The molecule has 2 aliphatic heterocycles. The van der Waals surface area contributed by atoms with Crippen molar-refractivity contribution in [3.63, 3.8) is 0 Å². The number of benzene rings is 2. The highest BCUT2D eigenvalue weighted by molar-refractivity contribution is 7.92. The molecule has 0 amide bonds. The number of hydrogen-bond donors (Lipinski definition) is 0. The zero-order chi connectivity index (χ0) is 16.9. The maximum absolute atomic E-state index is 12.9. The van der Waals surface area contributed by atoms with Crippen LogP contribution in [0.3, 0.4) is 0 Å². The van der Waals surface area contributed by atoms with E-state index < -0.39 is 14.9 Å². The van der Waals surface area contributed by atoms with E-state index in [1.165, 1.54) is 28.6 Å². The number of nitrogens with zero attached hydrogens (tertiary/aromatic N) is 2. The van der Waals surface area contributed by atoms with Crippen LogP contribution in [0.2, 0.25) is 0 Å². The van der Waals surface area contributed by atoms with Crippen LogP contribution in [0.1, 0.15) is 5.56 Å². The number of sulfonamides is 1. The third kappa shape index (κ3) is 2.16. The lowest BCUT2D eigenvalue weighted by molar-refractivity contribution is -0.384. The van der Waals surface area contributed by atoms with Gasteiger partial charge in [-0.1, -0.05) is 6.07 Å². The van der Waals surface area contributed by atoms with Gasteiger partial charge >= 0.3 is 0 Å². The SMILES string of the molecule is O=[N+]([O-])c1ccc2c(c1)N(S(=O)(=O)c1ccc3c(c1)OCO3)CC2. The summed E-state index contributed by atoms with van der Waals surface area (Å²) in [5.41, 5.74) is 0.980. The fraction of sp³-hybridized carbons (Fsp3) is 0.200. The summed E-state index contributed by atoms with van der Waals surface area (Å²) in [5, 5.41) is 11.0. The van der Waals surface area contributed by atoms with E-state index in [1.54, 1.807) is 12.1 Å². The minimum atomic E-state index is -3.84. The van der Waals surface area contributed by atoms with E-state index >= 15 is 0 Å². The van der Waals surface area contributed by atoms with Crippen molar-refractivity contribution in [1.29, 1.82) is 0 Å². The molecule has 2 aromatic carbocycles. The highest BCUT2D eigenvalue weighted by Crippen LogP contribution is 2.38. The number of non-ortho nitro benzene ring substituents is 1. The Morgan fingerprint density at radius 1 is 1.08 bits per heavy atom. The number of rotatable bonds is 3. The van der Waals surface area contributed by atoms with Crippen LogP contribution in [-0.4, -0.2) is 26.7 Å². The van der Waals surface area contributed by atoms with Gasteiger partial charge < -0.3 is 9.47 Å². The van der Waals surface area contributed by atoms with Crippen LogP contribution in [0.4, 0.5) is 11.4 Å². The quantitative estimate of drug-likeness (QED) is 0.622. The van der Waals surface area contributed by atoms with E-state index in [2.05, 4.69) is 0 Å². The van der Waals surface area contributed by atoms with Crippen LogP contribution < -0.4 is 13.8 Å². The number of ether oxygens (including phenoxy) is 2. The number of fused-ring (bicyclic) bond motifs is 2. The zero-order valence-corrected chi connectivity index (χ0v) is 13.2. The van der Waals surface area contributed by atoms with E-state index in [4.69, 9.17) is 9.47 Å². The summed E-state index contributed by atoms with van der Waals surface area (Å²) in [4.78, 5) is 10.5. The molecule has 0 saturated carbocycles. The first-order valence-corrected chi connectivity index (χ1v) is 8.60. The monoisotopic (exact) mass is 348 g/mol. The van der Waals surface area contributed by atoms with Crippen molar-refractivity contribution in [1.82, 2.24) is 0 Å². The molecule has 24 heavy (non-hydrogen) atoms. The van der Waals surface area contributed by atoms with Crippen molar-refractivity contribution in [3.8, 4) is 11.5 Å². The maximum atomic E-state index is 12.9. The Bertz CT molecular complexity index is 956. The van der Waals surface area contributed by atoms with Gasteiger partial charge in [-0.05, 0) is 24.1 Å². The first-order chi connectivity index (χ1) is 11.5. The van der Waals surface area contributed by atoms with Crippen molar-refractivity contribution in [3.05, 3.63) is 52.1 Å². The number of nitro groups is 1. The Labute approximate surface area is 137 Å². The predicted molar refractivity (Wildman–Crippen MR) is 83.9 cm³/mol. The van der Waals surface area contributed by atoms with Gasteiger partial charge in [0.25, 0.3) is 15.7 Å². The average molecular weight is 348 g/mol. The molecule has 0 aromatic heterocycles. The van der Waals surface area contributed by atoms with Crippen LogP contribution in [0.15, 0.2) is 41.3 Å². The first-order valence-electron chi connectivity index (χ1n) is 7.16. The fourth-order valence-electron chi connectivity index (χ4n) is 2.87. The Hall–Kier alpha value is -2.81. The second-order valence-electron chi connectivity index (χ2n) is 5.41. The Morgan fingerprint density at radius 2 is 1.88 bits per heavy atom. The van der Waals surface area contributed by atoms with Crippen LogP contribution in [-0.2, 0) is 16.4 Å². The standard InChI is InChI=1S/C15H12N2O6S/c18-17(19)11-2-1-10-5-6-16(13(10)7-11)24(20,21)12-3-4-14-15(8-12)23-9-22-14/h1-4,7-8H,5-6,9H2. The summed E-state index contributed by atoms with van der Waals surface area (Å²) in [6, 6.07) is 8.68. The largest absolute Gasteiger partial charge is 0.454 e. The Balaban J connectivity index is 1.77. The van der Waals surface area contributed by atoms with Gasteiger partial charge in [-0.3, -0.25) is 14.4 Å². The highest BCUT2D eigenvalue weighted by Gasteiger charge is 2.33. The molecule has 0 radical (unpaired) electrons. The molecule has 0 fully saturated rings. The Morgan fingerprint density at radius 3 is 2.67 bits per heavy atom. The predicted octanol–water partition coefficient (Wildman–Crippen LogP) is 2.07. The molecule has 0 atom stereocenters. The van der Waals surface area contributed by atoms with Gasteiger partial charge in [-0.15, -0.1) is 0 Å². The molecule has 4 rings (SSSR count). The van der Waals surface area contributed by atoms with Crippen LogP contribution in [0.25, 0.3) is 0 Å². The van der Waals surface area contributed by atoms with Crippen molar-refractivity contribution >= 4 is 21.4 Å². The molecule has 0 saturated heterocycles. The molecule has 0 unspecified atom stereocenters. The molecule has 8 nitrogen and oxygen atoms in total. The highest BCUT2D eigenvalue weighted by atomic mass is 32.2. The molecule has 9 heteroatoms. The van der Waals surface area contributed by atoms with Crippen LogP contribution in [0.5, 0.6) is 11.5 Å². The fourth-order valence-corrected chi connectivity index (χ4v) is 4.38. The third-order valence-electron chi connectivity index (χ3n) is 4.06. The minimum absolute atomic E-state index is 0.0532. The minimum Gasteiger partial charge on any atom is -0.454 e. The molecule has 124 valence electrons. The number of nitro benzene ring substituents is 1. The van der Waals surface area contributed by atoms with E-state index in [0.717, 1.165) is 5.56 Å². The summed E-state index contributed by atoms with van der Waals surface area (Å²) in [6.07, 6.45) is 0.511. The lowest BCUT2D eigenvalue weighted by Crippen LogP contribution is -2.29. The van der Waals surface area contributed by atoms with Gasteiger partial charge in [-0.25, -0.2) is 8.42 Å². The van der Waals surface area contributed by atoms with E-state index in [9.17, 15) is 18.5 Å². The smallest absolute Gasteiger partial charge is 0.271 e. The summed E-state index contributed by atoms with van der Waals surface area (Å²) in [6.45, 7) is 0.296. The van der Waals surface area contributed by atoms with Gasteiger partial charge in [0.1, 0.15) is 0 Å². The van der Waals surface area contributed by atoms with E-state index in [-0.39, 0.29) is 23.9 Å². The summed E-state index contributed by atoms with van der Waals surface area (Å²) >= 11 is 0. The van der Waals surface area contributed by atoms with Crippen molar-refractivity contribution in [2.75, 3.05) is 17.6 Å². The average Bonchev–Trinajstić information content (AvgIpc) is 3.20. The lowest BCUT2D eigenvalue weighted by Gasteiger charge is -2.19. The molecule has 2 aliphatic rings. The van der Waals surface area contributed by atoms with Crippen molar-refractivity contribution in [2.24, 2.45) is 0 Å².